The van der Waals surface area contributed by atoms with E-state index in [1.165, 1.54) is 0 Å². The number of ether oxygens (including phenoxy) is 1. The Bertz CT molecular complexity index is 992. The molecule has 2 aromatic heterocycles. The lowest BCUT2D eigenvalue weighted by Crippen LogP contribution is -2.49. The molecule has 1 aliphatic heterocycles. The van der Waals surface area contributed by atoms with Gasteiger partial charge in [-0.3, -0.25) is 9.59 Å². The molecule has 33 heavy (non-hydrogen) atoms. The summed E-state index contributed by atoms with van der Waals surface area (Å²) in [5.74, 6) is -0.238. The number of hydrogen-bond donors (Lipinski definition) is 2. The SMILES string of the molecule is CC(COCCC(=O)N1CCN(c2ncc(F)cn2)CC1)Nc1cn[nH]c(=O)c1C(F)(F)F. The van der Waals surface area contributed by atoms with E-state index in [4.69, 9.17) is 4.74 Å². The number of aromatic nitrogens is 4. The van der Waals surface area contributed by atoms with E-state index in [1.54, 1.807) is 16.9 Å². The molecule has 1 unspecified atom stereocenters. The summed E-state index contributed by atoms with van der Waals surface area (Å²) in [7, 11) is 0. The van der Waals surface area contributed by atoms with Crippen LogP contribution < -0.4 is 15.8 Å². The molecule has 1 saturated heterocycles. The van der Waals surface area contributed by atoms with Crippen LogP contribution in [0.25, 0.3) is 0 Å². The Morgan fingerprint density at radius 1 is 1.21 bits per heavy atom. The number of piperazine rings is 1. The van der Waals surface area contributed by atoms with Crippen molar-refractivity contribution in [3.05, 3.63) is 40.3 Å². The molecule has 1 atom stereocenters. The minimum Gasteiger partial charge on any atom is -0.379 e. The number of halogens is 4. The summed E-state index contributed by atoms with van der Waals surface area (Å²) in [6, 6.07) is -0.566. The molecule has 0 spiro atoms. The van der Waals surface area contributed by atoms with Gasteiger partial charge in [-0.15, -0.1) is 0 Å². The van der Waals surface area contributed by atoms with Gasteiger partial charge in [0, 0.05) is 32.2 Å². The lowest BCUT2D eigenvalue weighted by molar-refractivity contribution is -0.138. The third-order valence-electron chi connectivity index (χ3n) is 4.89. The average Bonchev–Trinajstić information content (AvgIpc) is 2.76. The largest absolute Gasteiger partial charge is 0.423 e. The zero-order valence-corrected chi connectivity index (χ0v) is 17.7. The van der Waals surface area contributed by atoms with Crippen LogP contribution in [0.1, 0.15) is 18.9 Å². The summed E-state index contributed by atoms with van der Waals surface area (Å²) in [6.45, 7) is 3.61. The molecular formula is C19H23F4N7O3. The summed E-state index contributed by atoms with van der Waals surface area (Å²) in [4.78, 5) is 35.2. The van der Waals surface area contributed by atoms with Gasteiger partial charge in [0.15, 0.2) is 5.82 Å². The van der Waals surface area contributed by atoms with Crippen molar-refractivity contribution in [1.82, 2.24) is 25.1 Å². The second kappa shape index (κ2) is 10.6. The first-order valence-electron chi connectivity index (χ1n) is 10.1. The van der Waals surface area contributed by atoms with E-state index in [9.17, 15) is 27.2 Å². The maximum absolute atomic E-state index is 13.1. The molecule has 2 aromatic rings. The number of nitrogens with zero attached hydrogens (tertiary/aromatic N) is 5. The van der Waals surface area contributed by atoms with Crippen LogP contribution in [0.4, 0.5) is 29.2 Å². The molecule has 0 bridgehead atoms. The van der Waals surface area contributed by atoms with Crippen molar-refractivity contribution >= 4 is 17.5 Å². The van der Waals surface area contributed by atoms with Crippen LogP contribution in [0.5, 0.6) is 0 Å². The standard InChI is InChI=1S/C19H23F4N7O3/c1-12(27-14-10-26-28-17(32)16(14)19(21,22)23)11-33-7-2-15(31)29-3-5-30(6-4-29)18-24-8-13(20)9-25-18/h8-10,12H,2-7,11H2,1H3,(H2,27,28,32). The molecule has 2 N–H and O–H groups in total. The molecule has 3 rings (SSSR count). The number of hydrogen-bond acceptors (Lipinski definition) is 8. The molecule has 0 radical (unpaired) electrons. The summed E-state index contributed by atoms with van der Waals surface area (Å²) in [6.07, 6.45) is -1.66. The number of H-pyrrole nitrogens is 1. The number of nitrogens with one attached hydrogen (secondary N) is 2. The van der Waals surface area contributed by atoms with Crippen molar-refractivity contribution in [3.63, 3.8) is 0 Å². The molecule has 1 fully saturated rings. The van der Waals surface area contributed by atoms with Crippen molar-refractivity contribution in [3.8, 4) is 0 Å². The van der Waals surface area contributed by atoms with Gasteiger partial charge >= 0.3 is 6.18 Å². The average molecular weight is 473 g/mol. The Kier molecular flexibility index (Phi) is 7.79. The fraction of sp³-hybridized carbons (Fsp3) is 0.526. The number of carbonyl (C=O) groups is 1. The van der Waals surface area contributed by atoms with E-state index in [0.717, 1.165) is 18.6 Å². The molecular weight excluding hydrogens is 450 g/mol. The van der Waals surface area contributed by atoms with E-state index in [1.807, 2.05) is 4.90 Å². The Labute approximate surface area is 186 Å². The molecule has 0 aliphatic carbocycles. The molecule has 1 amide bonds. The van der Waals surface area contributed by atoms with Crippen molar-refractivity contribution in [2.24, 2.45) is 0 Å². The van der Waals surface area contributed by atoms with Gasteiger partial charge in [-0.05, 0) is 6.92 Å². The summed E-state index contributed by atoms with van der Waals surface area (Å²) < 4.78 is 57.6. The minimum atomic E-state index is -4.83. The molecule has 0 saturated carbocycles. The van der Waals surface area contributed by atoms with Crippen LogP contribution in [-0.2, 0) is 15.7 Å². The lowest BCUT2D eigenvalue weighted by Gasteiger charge is -2.34. The Morgan fingerprint density at radius 3 is 2.52 bits per heavy atom. The smallest absolute Gasteiger partial charge is 0.379 e. The maximum atomic E-state index is 13.1. The second-order valence-corrected chi connectivity index (χ2v) is 7.42. The first-order chi connectivity index (χ1) is 15.6. The quantitative estimate of drug-likeness (QED) is 0.435. The van der Waals surface area contributed by atoms with E-state index >= 15 is 0 Å². The van der Waals surface area contributed by atoms with Crippen LogP contribution in [0.15, 0.2) is 23.4 Å². The van der Waals surface area contributed by atoms with E-state index in [-0.39, 0.29) is 25.5 Å². The Hall–Kier alpha value is -3.29. The number of rotatable bonds is 8. The monoisotopic (exact) mass is 473 g/mol. The van der Waals surface area contributed by atoms with Crippen LogP contribution in [-0.4, -0.2) is 76.4 Å². The third-order valence-corrected chi connectivity index (χ3v) is 4.89. The highest BCUT2D eigenvalue weighted by atomic mass is 19.4. The molecule has 10 nitrogen and oxygen atoms in total. The van der Waals surface area contributed by atoms with E-state index in [0.29, 0.717) is 32.1 Å². The number of carbonyl (C=O) groups excluding carboxylic acids is 1. The third kappa shape index (κ3) is 6.60. The van der Waals surface area contributed by atoms with Gasteiger partial charge in [0.05, 0.1) is 43.9 Å². The van der Waals surface area contributed by atoms with Crippen LogP contribution in [0.3, 0.4) is 0 Å². The summed E-state index contributed by atoms with van der Waals surface area (Å²) in [5, 5.41) is 7.73. The first-order valence-corrected chi connectivity index (χ1v) is 10.1. The van der Waals surface area contributed by atoms with E-state index < -0.39 is 34.8 Å². The van der Waals surface area contributed by atoms with Crippen molar-refractivity contribution in [2.45, 2.75) is 25.6 Å². The molecule has 14 heteroatoms. The molecule has 1 aliphatic rings. The van der Waals surface area contributed by atoms with Gasteiger partial charge in [-0.1, -0.05) is 0 Å². The highest BCUT2D eigenvalue weighted by Gasteiger charge is 2.37. The maximum Gasteiger partial charge on any atom is 0.423 e. The normalized spacial score (nSPS) is 15.4. The van der Waals surface area contributed by atoms with Gasteiger partial charge in [0.25, 0.3) is 5.56 Å². The van der Waals surface area contributed by atoms with Crippen molar-refractivity contribution < 1.29 is 27.1 Å². The van der Waals surface area contributed by atoms with Crippen molar-refractivity contribution in [2.75, 3.05) is 49.6 Å². The molecule has 3 heterocycles. The fourth-order valence-corrected chi connectivity index (χ4v) is 3.30. The van der Waals surface area contributed by atoms with Crippen molar-refractivity contribution in [1.29, 1.82) is 0 Å². The first kappa shape index (κ1) is 24.4. The number of aromatic amines is 1. The summed E-state index contributed by atoms with van der Waals surface area (Å²) in [5.41, 5.74) is -3.14. The Morgan fingerprint density at radius 2 is 1.88 bits per heavy atom. The Balaban J connectivity index is 1.39. The fourth-order valence-electron chi connectivity index (χ4n) is 3.30. The molecule has 0 aromatic carbocycles. The zero-order chi connectivity index (χ0) is 24.0. The van der Waals surface area contributed by atoms with Gasteiger partial charge in [0.1, 0.15) is 5.56 Å². The highest BCUT2D eigenvalue weighted by molar-refractivity contribution is 5.76. The van der Waals surface area contributed by atoms with Gasteiger partial charge < -0.3 is 19.9 Å². The van der Waals surface area contributed by atoms with Crippen LogP contribution in [0, 0.1) is 5.82 Å². The lowest BCUT2D eigenvalue weighted by atomic mass is 10.2. The van der Waals surface area contributed by atoms with E-state index in [2.05, 4.69) is 20.4 Å². The number of anilines is 2. The molecule has 180 valence electrons. The topological polar surface area (TPSA) is 116 Å². The zero-order valence-electron chi connectivity index (χ0n) is 17.7. The van der Waals surface area contributed by atoms with Crippen LogP contribution >= 0.6 is 0 Å². The van der Waals surface area contributed by atoms with Gasteiger partial charge in [-0.2, -0.15) is 18.3 Å². The highest BCUT2D eigenvalue weighted by Crippen LogP contribution is 2.31. The predicted octanol–water partition coefficient (Wildman–Crippen LogP) is 1.27. The number of amides is 1. The predicted molar refractivity (Wildman–Crippen MR) is 109 cm³/mol. The summed E-state index contributed by atoms with van der Waals surface area (Å²) >= 11 is 0. The minimum absolute atomic E-state index is 0.0209. The van der Waals surface area contributed by atoms with Gasteiger partial charge in [0.2, 0.25) is 11.9 Å². The van der Waals surface area contributed by atoms with Crippen LogP contribution in [0.2, 0.25) is 0 Å². The number of alkyl halides is 3. The second-order valence-electron chi connectivity index (χ2n) is 7.42. The van der Waals surface area contributed by atoms with Gasteiger partial charge in [-0.25, -0.2) is 19.5 Å².